The highest BCUT2D eigenvalue weighted by Crippen LogP contribution is 2.41. The van der Waals surface area contributed by atoms with Gasteiger partial charge in [0.1, 0.15) is 11.4 Å². The lowest BCUT2D eigenvalue weighted by molar-refractivity contribution is -0.140. The minimum atomic E-state index is -0.717. The van der Waals surface area contributed by atoms with Gasteiger partial charge in [-0.1, -0.05) is 53.7 Å². The van der Waals surface area contributed by atoms with Gasteiger partial charge in [-0.3, -0.25) is 4.79 Å². The maximum absolute atomic E-state index is 12.4. The molecule has 5 heteroatoms. The van der Waals surface area contributed by atoms with E-state index in [0.29, 0.717) is 18.6 Å². The molecule has 0 atom stereocenters. The predicted molar refractivity (Wildman–Crippen MR) is 111 cm³/mol. The number of benzene rings is 1. The highest BCUT2D eigenvalue weighted by molar-refractivity contribution is 5.70. The van der Waals surface area contributed by atoms with E-state index in [1.165, 1.54) is 7.11 Å². The van der Waals surface area contributed by atoms with Crippen molar-refractivity contribution in [2.24, 2.45) is 0 Å². The summed E-state index contributed by atoms with van der Waals surface area (Å²) in [6.07, 6.45) is 0.146. The minimum absolute atomic E-state index is 0.247. The SMILES string of the molecule is COC(=O)CCc1cc(C(C)(C)C)c(OC(=O)OC(C)(C)C)c(C(C)(C)C)c1. The molecule has 0 heterocycles. The summed E-state index contributed by atoms with van der Waals surface area (Å²) in [5.41, 5.74) is 1.66. The summed E-state index contributed by atoms with van der Waals surface area (Å²) < 4.78 is 15.9. The van der Waals surface area contributed by atoms with Crippen LogP contribution in [-0.4, -0.2) is 24.8 Å². The van der Waals surface area contributed by atoms with Crippen molar-refractivity contribution in [2.75, 3.05) is 7.11 Å². The molecule has 0 saturated heterocycles. The summed E-state index contributed by atoms with van der Waals surface area (Å²) in [5.74, 6) is 0.291. The van der Waals surface area contributed by atoms with Gasteiger partial charge in [-0.25, -0.2) is 4.79 Å². The predicted octanol–water partition coefficient (Wildman–Crippen LogP) is 5.70. The van der Waals surface area contributed by atoms with Crippen LogP contribution in [0.5, 0.6) is 5.75 Å². The van der Waals surface area contributed by atoms with Crippen LogP contribution in [0.15, 0.2) is 12.1 Å². The highest BCUT2D eigenvalue weighted by Gasteiger charge is 2.30. The lowest BCUT2D eigenvalue weighted by Gasteiger charge is -2.30. The van der Waals surface area contributed by atoms with Gasteiger partial charge in [-0.15, -0.1) is 0 Å². The molecule has 0 aliphatic carbocycles. The molecule has 0 radical (unpaired) electrons. The first-order chi connectivity index (χ1) is 12.5. The Kier molecular flexibility index (Phi) is 7.32. The molecule has 0 fully saturated rings. The standard InChI is InChI=1S/C23H36O5/c1-21(2,3)16-13-15(11-12-18(24)26-10)14-17(22(4,5)6)19(16)27-20(25)28-23(7,8)9/h13-14H,11-12H2,1-10H3. The number of hydrogen-bond acceptors (Lipinski definition) is 5. The molecule has 0 N–H and O–H groups in total. The Morgan fingerprint density at radius 2 is 1.32 bits per heavy atom. The van der Waals surface area contributed by atoms with Gasteiger partial charge in [0.15, 0.2) is 0 Å². The van der Waals surface area contributed by atoms with Crippen LogP contribution in [-0.2, 0) is 31.5 Å². The van der Waals surface area contributed by atoms with Crippen molar-refractivity contribution in [2.45, 2.75) is 91.6 Å². The summed E-state index contributed by atoms with van der Waals surface area (Å²) >= 11 is 0. The quantitative estimate of drug-likeness (QED) is 0.486. The molecule has 1 aromatic carbocycles. The highest BCUT2D eigenvalue weighted by atomic mass is 16.7. The first kappa shape index (κ1) is 24.0. The van der Waals surface area contributed by atoms with Crippen molar-refractivity contribution in [1.82, 2.24) is 0 Å². The van der Waals surface area contributed by atoms with Crippen LogP contribution in [0, 0.1) is 0 Å². The third kappa shape index (κ3) is 7.17. The molecule has 158 valence electrons. The molecule has 1 rings (SSSR count). The minimum Gasteiger partial charge on any atom is -0.469 e. The smallest absolute Gasteiger partial charge is 0.469 e. The zero-order valence-electron chi connectivity index (χ0n) is 19.1. The lowest BCUT2D eigenvalue weighted by Crippen LogP contribution is -2.28. The molecule has 0 spiro atoms. The second-order valence-corrected chi connectivity index (χ2v) is 10.2. The molecule has 0 unspecified atom stereocenters. The Morgan fingerprint density at radius 3 is 1.68 bits per heavy atom. The zero-order valence-corrected chi connectivity index (χ0v) is 19.1. The third-order valence-corrected chi connectivity index (χ3v) is 4.19. The Morgan fingerprint density at radius 1 is 0.857 bits per heavy atom. The monoisotopic (exact) mass is 392 g/mol. The van der Waals surface area contributed by atoms with Crippen molar-refractivity contribution in [3.8, 4) is 5.75 Å². The number of aryl methyl sites for hydroxylation is 1. The van der Waals surface area contributed by atoms with Crippen molar-refractivity contribution < 1.29 is 23.8 Å². The van der Waals surface area contributed by atoms with Crippen molar-refractivity contribution in [1.29, 1.82) is 0 Å². The average molecular weight is 393 g/mol. The average Bonchev–Trinajstić information content (AvgIpc) is 2.49. The number of methoxy groups -OCH3 is 1. The van der Waals surface area contributed by atoms with E-state index in [9.17, 15) is 9.59 Å². The summed E-state index contributed by atoms with van der Waals surface area (Å²) in [4.78, 5) is 24.0. The summed E-state index contributed by atoms with van der Waals surface area (Å²) in [5, 5.41) is 0. The molecule has 0 bridgehead atoms. The van der Waals surface area contributed by atoms with E-state index in [4.69, 9.17) is 14.2 Å². The molecular formula is C23H36O5. The van der Waals surface area contributed by atoms with Crippen molar-refractivity contribution in [3.63, 3.8) is 0 Å². The van der Waals surface area contributed by atoms with Gasteiger partial charge in [0.25, 0.3) is 0 Å². The fourth-order valence-electron chi connectivity index (χ4n) is 2.76. The Balaban J connectivity index is 3.49. The van der Waals surface area contributed by atoms with Crippen LogP contribution in [0.4, 0.5) is 4.79 Å². The number of carbonyl (C=O) groups is 2. The van der Waals surface area contributed by atoms with Crippen LogP contribution >= 0.6 is 0 Å². The van der Waals surface area contributed by atoms with Crippen LogP contribution in [0.3, 0.4) is 0 Å². The van der Waals surface area contributed by atoms with Gasteiger partial charge in [0.2, 0.25) is 0 Å². The molecule has 0 amide bonds. The number of ether oxygens (including phenoxy) is 3. The van der Waals surface area contributed by atoms with E-state index >= 15 is 0 Å². The fraction of sp³-hybridized carbons (Fsp3) is 0.652. The molecule has 5 nitrogen and oxygen atoms in total. The van der Waals surface area contributed by atoms with E-state index in [0.717, 1.165) is 16.7 Å². The number of carbonyl (C=O) groups excluding carboxylic acids is 2. The van der Waals surface area contributed by atoms with Crippen molar-refractivity contribution >= 4 is 12.1 Å². The molecule has 0 aromatic heterocycles. The molecule has 28 heavy (non-hydrogen) atoms. The van der Waals surface area contributed by atoms with Crippen molar-refractivity contribution in [3.05, 3.63) is 28.8 Å². The summed E-state index contributed by atoms with van der Waals surface area (Å²) in [6.45, 7) is 17.8. The topological polar surface area (TPSA) is 61.8 Å². The van der Waals surface area contributed by atoms with Gasteiger partial charge < -0.3 is 14.2 Å². The lowest BCUT2D eigenvalue weighted by atomic mass is 9.78. The molecule has 1 aromatic rings. The molecule has 0 aliphatic heterocycles. The zero-order chi connectivity index (χ0) is 21.9. The van der Waals surface area contributed by atoms with E-state index in [2.05, 4.69) is 41.5 Å². The van der Waals surface area contributed by atoms with E-state index in [-0.39, 0.29) is 16.8 Å². The number of rotatable bonds is 4. The largest absolute Gasteiger partial charge is 0.514 e. The first-order valence-corrected chi connectivity index (χ1v) is 9.70. The van der Waals surface area contributed by atoms with Gasteiger partial charge >= 0.3 is 12.1 Å². The summed E-state index contributed by atoms with van der Waals surface area (Å²) in [7, 11) is 1.39. The maximum Gasteiger partial charge on any atom is 0.514 e. The summed E-state index contributed by atoms with van der Waals surface area (Å²) in [6, 6.07) is 4.02. The number of esters is 1. The third-order valence-electron chi connectivity index (χ3n) is 4.19. The van der Waals surface area contributed by atoms with Crippen LogP contribution in [0.1, 0.15) is 85.4 Å². The van der Waals surface area contributed by atoms with Gasteiger partial charge in [0, 0.05) is 17.5 Å². The van der Waals surface area contributed by atoms with E-state index in [1.54, 1.807) is 20.8 Å². The maximum atomic E-state index is 12.4. The van der Waals surface area contributed by atoms with Crippen LogP contribution in [0.25, 0.3) is 0 Å². The second-order valence-electron chi connectivity index (χ2n) is 10.2. The van der Waals surface area contributed by atoms with Crippen LogP contribution in [0.2, 0.25) is 0 Å². The Hall–Kier alpha value is -2.04. The van der Waals surface area contributed by atoms with Gasteiger partial charge in [0.05, 0.1) is 7.11 Å². The molecule has 0 aliphatic rings. The van der Waals surface area contributed by atoms with Crippen LogP contribution < -0.4 is 4.74 Å². The fourth-order valence-corrected chi connectivity index (χ4v) is 2.76. The second kappa shape index (κ2) is 8.54. The van der Waals surface area contributed by atoms with E-state index in [1.807, 2.05) is 12.1 Å². The first-order valence-electron chi connectivity index (χ1n) is 9.70. The normalized spacial score (nSPS) is 12.5. The van der Waals surface area contributed by atoms with Gasteiger partial charge in [-0.2, -0.15) is 0 Å². The Labute approximate surface area is 169 Å². The Bertz CT molecular complexity index is 677. The van der Waals surface area contributed by atoms with E-state index < -0.39 is 11.8 Å². The van der Waals surface area contributed by atoms with Gasteiger partial charge in [-0.05, 0) is 43.6 Å². The number of hydrogen-bond donors (Lipinski definition) is 0. The molecular weight excluding hydrogens is 356 g/mol. The molecule has 0 saturated carbocycles.